The molecule has 82 valence electrons. The Labute approximate surface area is 86.6 Å². The third kappa shape index (κ3) is 2.47. The second kappa shape index (κ2) is 5.35. The molecule has 0 aromatic rings. The van der Waals surface area contributed by atoms with Gasteiger partial charge in [-0.1, -0.05) is 19.8 Å². The van der Waals surface area contributed by atoms with Crippen LogP contribution < -0.4 is 5.73 Å². The van der Waals surface area contributed by atoms with Crippen molar-refractivity contribution in [2.45, 2.75) is 45.1 Å². The van der Waals surface area contributed by atoms with Crippen molar-refractivity contribution in [1.82, 2.24) is 4.90 Å². The van der Waals surface area contributed by atoms with Gasteiger partial charge in [-0.05, 0) is 19.3 Å². The zero-order chi connectivity index (χ0) is 10.6. The molecule has 3 heteroatoms. The first-order valence-corrected chi connectivity index (χ1v) is 5.67. The Balaban J connectivity index is 2.49. The number of amides is 1. The smallest absolute Gasteiger partial charge is 0.226 e. The van der Waals surface area contributed by atoms with Gasteiger partial charge in [-0.2, -0.15) is 0 Å². The number of nitrogens with zero attached hydrogens (tertiary/aromatic N) is 1. The summed E-state index contributed by atoms with van der Waals surface area (Å²) in [6.07, 6.45) is 5.72. The summed E-state index contributed by atoms with van der Waals surface area (Å²) >= 11 is 0. The Hall–Kier alpha value is -0.570. The molecular weight excluding hydrogens is 176 g/mol. The van der Waals surface area contributed by atoms with E-state index in [0.717, 1.165) is 6.42 Å². The van der Waals surface area contributed by atoms with Gasteiger partial charge in [0.05, 0.1) is 5.92 Å². The van der Waals surface area contributed by atoms with Gasteiger partial charge in [0.2, 0.25) is 5.91 Å². The Morgan fingerprint density at radius 1 is 1.50 bits per heavy atom. The molecule has 1 atom stereocenters. The van der Waals surface area contributed by atoms with Crippen molar-refractivity contribution in [3.8, 4) is 0 Å². The van der Waals surface area contributed by atoms with E-state index in [0.29, 0.717) is 12.6 Å². The van der Waals surface area contributed by atoms with Crippen LogP contribution in [0, 0.1) is 5.92 Å². The molecule has 1 saturated carbocycles. The fourth-order valence-electron chi connectivity index (χ4n) is 2.20. The lowest BCUT2D eigenvalue weighted by molar-refractivity contribution is -0.136. The van der Waals surface area contributed by atoms with E-state index < -0.39 is 0 Å². The summed E-state index contributed by atoms with van der Waals surface area (Å²) in [5, 5.41) is 0. The quantitative estimate of drug-likeness (QED) is 0.741. The molecule has 0 aromatic carbocycles. The predicted octanol–water partition coefficient (Wildman–Crippen LogP) is 1.37. The Bertz CT molecular complexity index is 184. The summed E-state index contributed by atoms with van der Waals surface area (Å²) in [5.41, 5.74) is 5.57. The van der Waals surface area contributed by atoms with E-state index in [-0.39, 0.29) is 11.8 Å². The maximum Gasteiger partial charge on any atom is 0.226 e. The van der Waals surface area contributed by atoms with E-state index in [1.807, 2.05) is 18.9 Å². The zero-order valence-electron chi connectivity index (χ0n) is 9.33. The molecule has 0 spiro atoms. The first-order valence-electron chi connectivity index (χ1n) is 5.67. The average Bonchev–Trinajstić information content (AvgIpc) is 2.71. The molecular formula is C11H22N2O. The predicted molar refractivity (Wildman–Crippen MR) is 57.9 cm³/mol. The molecule has 0 radical (unpaired) electrons. The number of carbonyl (C=O) groups excluding carboxylic acids is 1. The molecule has 3 nitrogen and oxygen atoms in total. The lowest BCUT2D eigenvalue weighted by Gasteiger charge is -2.27. The van der Waals surface area contributed by atoms with Crippen molar-refractivity contribution < 1.29 is 4.79 Å². The molecule has 1 unspecified atom stereocenters. The van der Waals surface area contributed by atoms with Crippen LogP contribution in [0.4, 0.5) is 0 Å². The van der Waals surface area contributed by atoms with E-state index in [2.05, 4.69) is 0 Å². The molecule has 1 fully saturated rings. The number of hydrogen-bond donors (Lipinski definition) is 1. The minimum Gasteiger partial charge on any atom is -0.342 e. The number of rotatable bonds is 4. The van der Waals surface area contributed by atoms with Gasteiger partial charge < -0.3 is 10.6 Å². The maximum absolute atomic E-state index is 11.9. The zero-order valence-corrected chi connectivity index (χ0v) is 9.33. The third-order valence-corrected chi connectivity index (χ3v) is 3.35. The summed E-state index contributed by atoms with van der Waals surface area (Å²) < 4.78 is 0. The number of carbonyl (C=O) groups is 1. The van der Waals surface area contributed by atoms with Gasteiger partial charge >= 0.3 is 0 Å². The molecule has 0 saturated heterocycles. The lowest BCUT2D eigenvalue weighted by Crippen LogP contribution is -2.41. The molecule has 1 amide bonds. The van der Waals surface area contributed by atoms with E-state index in [1.54, 1.807) is 0 Å². The van der Waals surface area contributed by atoms with Crippen molar-refractivity contribution in [2.75, 3.05) is 13.6 Å². The maximum atomic E-state index is 11.9. The first kappa shape index (κ1) is 11.5. The standard InChI is InChI=1S/C11H22N2O/c1-3-9(8-12)11(14)13(2)10-6-4-5-7-10/h9-10H,3-8,12H2,1-2H3. The lowest BCUT2D eigenvalue weighted by atomic mass is 10.0. The molecule has 0 bridgehead atoms. The van der Waals surface area contributed by atoms with Crippen molar-refractivity contribution >= 4 is 5.91 Å². The topological polar surface area (TPSA) is 46.3 Å². The number of hydrogen-bond acceptors (Lipinski definition) is 2. The Kier molecular flexibility index (Phi) is 4.39. The molecule has 1 rings (SSSR count). The van der Waals surface area contributed by atoms with Gasteiger partial charge in [0.15, 0.2) is 0 Å². The Morgan fingerprint density at radius 3 is 2.50 bits per heavy atom. The van der Waals surface area contributed by atoms with Crippen LogP contribution in [0.15, 0.2) is 0 Å². The van der Waals surface area contributed by atoms with Gasteiger partial charge in [0, 0.05) is 19.6 Å². The van der Waals surface area contributed by atoms with Crippen molar-refractivity contribution in [2.24, 2.45) is 11.7 Å². The molecule has 14 heavy (non-hydrogen) atoms. The van der Waals surface area contributed by atoms with Crippen molar-refractivity contribution in [3.05, 3.63) is 0 Å². The highest BCUT2D eigenvalue weighted by Crippen LogP contribution is 2.23. The van der Waals surface area contributed by atoms with E-state index in [9.17, 15) is 4.79 Å². The minimum absolute atomic E-state index is 0.0283. The van der Waals surface area contributed by atoms with Crippen LogP contribution in [-0.2, 0) is 4.79 Å². The summed E-state index contributed by atoms with van der Waals surface area (Å²) in [5.74, 6) is 0.266. The van der Waals surface area contributed by atoms with Crippen LogP contribution in [0.3, 0.4) is 0 Å². The number of nitrogens with two attached hydrogens (primary N) is 1. The fraction of sp³-hybridized carbons (Fsp3) is 0.909. The third-order valence-electron chi connectivity index (χ3n) is 3.35. The molecule has 2 N–H and O–H groups in total. The highest BCUT2D eigenvalue weighted by Gasteiger charge is 2.26. The van der Waals surface area contributed by atoms with Crippen molar-refractivity contribution in [1.29, 1.82) is 0 Å². The van der Waals surface area contributed by atoms with Gasteiger partial charge in [-0.3, -0.25) is 4.79 Å². The molecule has 0 heterocycles. The van der Waals surface area contributed by atoms with E-state index in [4.69, 9.17) is 5.73 Å². The van der Waals surface area contributed by atoms with E-state index in [1.165, 1.54) is 25.7 Å². The van der Waals surface area contributed by atoms with Crippen molar-refractivity contribution in [3.63, 3.8) is 0 Å². The summed E-state index contributed by atoms with van der Waals surface area (Å²) in [7, 11) is 1.93. The molecule has 1 aliphatic rings. The monoisotopic (exact) mass is 198 g/mol. The molecule has 0 aromatic heterocycles. The van der Waals surface area contributed by atoms with Crippen LogP contribution in [0.2, 0.25) is 0 Å². The van der Waals surface area contributed by atoms with Crippen LogP contribution in [0.25, 0.3) is 0 Å². The van der Waals surface area contributed by atoms with Gasteiger partial charge in [0.1, 0.15) is 0 Å². The second-order valence-corrected chi connectivity index (χ2v) is 4.23. The molecule has 0 aliphatic heterocycles. The van der Waals surface area contributed by atoms with Crippen LogP contribution >= 0.6 is 0 Å². The summed E-state index contributed by atoms with van der Waals surface area (Å²) in [6, 6.07) is 0.475. The van der Waals surface area contributed by atoms with E-state index >= 15 is 0 Å². The van der Waals surface area contributed by atoms with Gasteiger partial charge in [-0.25, -0.2) is 0 Å². The van der Waals surface area contributed by atoms with Gasteiger partial charge in [-0.15, -0.1) is 0 Å². The largest absolute Gasteiger partial charge is 0.342 e. The first-order chi connectivity index (χ1) is 6.70. The fourth-order valence-corrected chi connectivity index (χ4v) is 2.20. The Morgan fingerprint density at radius 2 is 2.07 bits per heavy atom. The highest BCUT2D eigenvalue weighted by atomic mass is 16.2. The van der Waals surface area contributed by atoms with Crippen LogP contribution in [0.1, 0.15) is 39.0 Å². The van der Waals surface area contributed by atoms with Gasteiger partial charge in [0.25, 0.3) is 0 Å². The normalized spacial score (nSPS) is 19.6. The van der Waals surface area contributed by atoms with Crippen LogP contribution in [-0.4, -0.2) is 30.4 Å². The minimum atomic E-state index is 0.0283. The summed E-state index contributed by atoms with van der Waals surface area (Å²) in [6.45, 7) is 2.50. The SMILES string of the molecule is CCC(CN)C(=O)N(C)C1CCCC1. The van der Waals surface area contributed by atoms with Crippen LogP contribution in [0.5, 0.6) is 0 Å². The summed E-state index contributed by atoms with van der Waals surface area (Å²) in [4.78, 5) is 13.9. The second-order valence-electron chi connectivity index (χ2n) is 4.23. The average molecular weight is 198 g/mol. The molecule has 1 aliphatic carbocycles. The highest BCUT2D eigenvalue weighted by molar-refractivity contribution is 5.79.